The second-order valence-corrected chi connectivity index (χ2v) is 4.36. The van der Waals surface area contributed by atoms with E-state index in [0.29, 0.717) is 19.1 Å². The fourth-order valence-corrected chi connectivity index (χ4v) is 2.20. The first-order valence-corrected chi connectivity index (χ1v) is 5.93. The van der Waals surface area contributed by atoms with Crippen LogP contribution in [0.4, 0.5) is 4.39 Å². The predicted octanol–water partition coefficient (Wildman–Crippen LogP) is 2.07. The van der Waals surface area contributed by atoms with E-state index in [4.69, 9.17) is 0 Å². The summed E-state index contributed by atoms with van der Waals surface area (Å²) in [7, 11) is 1.89. The molecule has 2 rings (SSSR count). The molecular weight excluding hydrogens is 255 g/mol. The van der Waals surface area contributed by atoms with Gasteiger partial charge in [-0.15, -0.1) is 12.4 Å². The van der Waals surface area contributed by atoms with Crippen LogP contribution in [0, 0.1) is 5.82 Å². The van der Waals surface area contributed by atoms with Gasteiger partial charge in [0.2, 0.25) is 0 Å². The molecule has 5 heteroatoms. The fourth-order valence-electron chi connectivity index (χ4n) is 2.20. The van der Waals surface area contributed by atoms with E-state index in [9.17, 15) is 9.18 Å². The second-order valence-electron chi connectivity index (χ2n) is 4.36. The molecule has 1 N–H and O–H groups in total. The number of benzene rings is 1. The first kappa shape index (κ1) is 14.9. The maximum atomic E-state index is 13.5. The molecule has 100 valence electrons. The van der Waals surface area contributed by atoms with Crippen LogP contribution in [0.3, 0.4) is 0 Å². The Bertz CT molecular complexity index is 414. The van der Waals surface area contributed by atoms with Crippen molar-refractivity contribution in [2.24, 2.45) is 0 Å². The molecule has 1 aromatic rings. The van der Waals surface area contributed by atoms with Gasteiger partial charge >= 0.3 is 0 Å². The van der Waals surface area contributed by atoms with E-state index in [0.717, 1.165) is 12.8 Å². The Morgan fingerprint density at radius 3 is 2.83 bits per heavy atom. The van der Waals surface area contributed by atoms with Crippen molar-refractivity contribution in [1.82, 2.24) is 10.2 Å². The van der Waals surface area contributed by atoms with Crippen molar-refractivity contribution < 1.29 is 9.18 Å². The fraction of sp³-hybridized carbons (Fsp3) is 0.462. The summed E-state index contributed by atoms with van der Waals surface area (Å²) in [4.78, 5) is 13.9. The molecule has 18 heavy (non-hydrogen) atoms. The third kappa shape index (κ3) is 3.21. The minimum atomic E-state index is -0.441. The van der Waals surface area contributed by atoms with Gasteiger partial charge in [0.15, 0.2) is 0 Å². The highest BCUT2D eigenvalue weighted by molar-refractivity contribution is 5.94. The number of hydrogen-bond donors (Lipinski definition) is 1. The van der Waals surface area contributed by atoms with E-state index in [2.05, 4.69) is 5.32 Å². The molecule has 1 atom stereocenters. The van der Waals surface area contributed by atoms with Gasteiger partial charge in [0.25, 0.3) is 5.91 Å². The maximum Gasteiger partial charge on any atom is 0.256 e. The SMILES string of the molecule is CN[C@H]1CCCN(C(=O)c2ccccc2F)C1.Cl. The van der Waals surface area contributed by atoms with Gasteiger partial charge in [-0.1, -0.05) is 12.1 Å². The number of amides is 1. The number of rotatable bonds is 2. The third-order valence-electron chi connectivity index (χ3n) is 3.22. The number of nitrogens with zero attached hydrogens (tertiary/aromatic N) is 1. The number of carbonyl (C=O) groups excluding carboxylic acids is 1. The standard InChI is InChI=1S/C13H17FN2O.ClH/c1-15-10-5-4-8-16(9-10)13(17)11-6-2-3-7-12(11)14;/h2-3,6-7,10,15H,4-5,8-9H2,1H3;1H/t10-;/m0./s1. The molecule has 0 saturated carbocycles. The van der Waals surface area contributed by atoms with Crippen LogP contribution < -0.4 is 5.32 Å². The summed E-state index contributed by atoms with van der Waals surface area (Å²) < 4.78 is 13.5. The van der Waals surface area contributed by atoms with Gasteiger partial charge in [-0.2, -0.15) is 0 Å². The highest BCUT2D eigenvalue weighted by Crippen LogP contribution is 2.15. The van der Waals surface area contributed by atoms with E-state index in [-0.39, 0.29) is 23.9 Å². The first-order valence-electron chi connectivity index (χ1n) is 5.93. The molecule has 0 radical (unpaired) electrons. The van der Waals surface area contributed by atoms with Gasteiger partial charge < -0.3 is 10.2 Å². The van der Waals surface area contributed by atoms with Gasteiger partial charge in [-0.05, 0) is 32.0 Å². The van der Waals surface area contributed by atoms with Gasteiger partial charge in [0.05, 0.1) is 5.56 Å². The largest absolute Gasteiger partial charge is 0.337 e. The van der Waals surface area contributed by atoms with Gasteiger partial charge in [0, 0.05) is 19.1 Å². The average Bonchev–Trinajstić information content (AvgIpc) is 2.38. The normalized spacial score (nSPS) is 19.2. The van der Waals surface area contributed by atoms with Crippen LogP contribution in [0.1, 0.15) is 23.2 Å². The molecule has 1 aliphatic rings. The van der Waals surface area contributed by atoms with Crippen LogP contribution in [-0.4, -0.2) is 37.0 Å². The minimum absolute atomic E-state index is 0. The Morgan fingerprint density at radius 1 is 1.44 bits per heavy atom. The van der Waals surface area contributed by atoms with Gasteiger partial charge in [-0.25, -0.2) is 4.39 Å². The molecule has 0 bridgehead atoms. The Kier molecular flexibility index (Phi) is 5.56. The summed E-state index contributed by atoms with van der Waals surface area (Å²) >= 11 is 0. The molecule has 1 aromatic carbocycles. The average molecular weight is 273 g/mol. The quantitative estimate of drug-likeness (QED) is 0.894. The van der Waals surface area contributed by atoms with Crippen LogP contribution in [0.5, 0.6) is 0 Å². The Hall–Kier alpha value is -1.13. The lowest BCUT2D eigenvalue weighted by atomic mass is 10.0. The lowest BCUT2D eigenvalue weighted by Crippen LogP contribution is -2.47. The van der Waals surface area contributed by atoms with Crippen molar-refractivity contribution in [3.05, 3.63) is 35.6 Å². The molecule has 0 spiro atoms. The van der Waals surface area contributed by atoms with E-state index in [1.165, 1.54) is 6.07 Å². The number of piperidine rings is 1. The smallest absolute Gasteiger partial charge is 0.256 e. The highest BCUT2D eigenvalue weighted by atomic mass is 35.5. The van der Waals surface area contributed by atoms with E-state index in [1.54, 1.807) is 23.1 Å². The van der Waals surface area contributed by atoms with Crippen molar-refractivity contribution in [3.63, 3.8) is 0 Å². The van der Waals surface area contributed by atoms with Crippen molar-refractivity contribution >= 4 is 18.3 Å². The van der Waals surface area contributed by atoms with E-state index < -0.39 is 5.82 Å². The number of hydrogen-bond acceptors (Lipinski definition) is 2. The summed E-state index contributed by atoms with van der Waals surface area (Å²) in [6.45, 7) is 1.37. The molecule has 3 nitrogen and oxygen atoms in total. The minimum Gasteiger partial charge on any atom is -0.337 e. The van der Waals surface area contributed by atoms with Crippen LogP contribution in [0.25, 0.3) is 0 Å². The number of halogens is 2. The zero-order chi connectivity index (χ0) is 12.3. The van der Waals surface area contributed by atoms with Crippen LogP contribution in [0.2, 0.25) is 0 Å². The lowest BCUT2D eigenvalue weighted by Gasteiger charge is -2.32. The maximum absolute atomic E-state index is 13.5. The Morgan fingerprint density at radius 2 is 2.17 bits per heavy atom. The summed E-state index contributed by atoms with van der Waals surface area (Å²) in [6, 6.07) is 6.47. The summed E-state index contributed by atoms with van der Waals surface area (Å²) in [5.74, 6) is -0.646. The second kappa shape index (κ2) is 6.71. The molecule has 1 aliphatic heterocycles. The van der Waals surface area contributed by atoms with Crippen LogP contribution >= 0.6 is 12.4 Å². The molecule has 0 unspecified atom stereocenters. The molecule has 1 heterocycles. The molecule has 0 aromatic heterocycles. The zero-order valence-electron chi connectivity index (χ0n) is 10.4. The van der Waals surface area contributed by atoms with Crippen molar-refractivity contribution in [2.75, 3.05) is 20.1 Å². The molecule has 1 saturated heterocycles. The number of likely N-dealkylation sites (tertiary alicyclic amines) is 1. The molecular formula is C13H18ClFN2O. The van der Waals surface area contributed by atoms with Crippen molar-refractivity contribution in [3.8, 4) is 0 Å². The van der Waals surface area contributed by atoms with Crippen molar-refractivity contribution in [2.45, 2.75) is 18.9 Å². The number of nitrogens with one attached hydrogen (secondary N) is 1. The van der Waals surface area contributed by atoms with Crippen molar-refractivity contribution in [1.29, 1.82) is 0 Å². The van der Waals surface area contributed by atoms with Gasteiger partial charge in [0.1, 0.15) is 5.82 Å². The Labute approximate surface area is 113 Å². The monoisotopic (exact) mass is 272 g/mol. The summed E-state index contributed by atoms with van der Waals surface area (Å²) in [5.41, 5.74) is 0.171. The zero-order valence-corrected chi connectivity index (χ0v) is 11.2. The van der Waals surface area contributed by atoms with Crippen LogP contribution in [-0.2, 0) is 0 Å². The molecule has 1 fully saturated rings. The van der Waals surface area contributed by atoms with E-state index >= 15 is 0 Å². The summed E-state index contributed by atoms with van der Waals surface area (Å²) in [6.07, 6.45) is 2.03. The molecule has 0 aliphatic carbocycles. The highest BCUT2D eigenvalue weighted by Gasteiger charge is 2.24. The van der Waals surface area contributed by atoms with E-state index in [1.807, 2.05) is 7.05 Å². The summed E-state index contributed by atoms with van der Waals surface area (Å²) in [5, 5.41) is 3.17. The van der Waals surface area contributed by atoms with Gasteiger partial charge in [-0.3, -0.25) is 4.79 Å². The predicted molar refractivity (Wildman–Crippen MR) is 71.6 cm³/mol. The first-order chi connectivity index (χ1) is 8.22. The number of carbonyl (C=O) groups is 1. The van der Waals surface area contributed by atoms with Crippen LogP contribution in [0.15, 0.2) is 24.3 Å². The Balaban J connectivity index is 0.00000162. The molecule has 1 amide bonds. The lowest BCUT2D eigenvalue weighted by molar-refractivity contribution is 0.0693. The topological polar surface area (TPSA) is 32.3 Å². The third-order valence-corrected chi connectivity index (χ3v) is 3.22. The number of likely N-dealkylation sites (N-methyl/N-ethyl adjacent to an activating group) is 1.